The van der Waals surface area contributed by atoms with Crippen LogP contribution in [0.25, 0.3) is 0 Å². The molecule has 0 saturated heterocycles. The maximum absolute atomic E-state index is 13.1. The molecule has 0 saturated carbocycles. The molecular weight excluding hydrogens is 269 g/mol. The average Bonchev–Trinajstić information content (AvgIpc) is 2.82. The number of halogens is 1. The first-order valence-corrected chi connectivity index (χ1v) is 7.88. The maximum Gasteiger partial charge on any atom is 0.123 e. The molecule has 2 rings (SSSR count). The predicted octanol–water partition coefficient (Wildman–Crippen LogP) is 4.82. The summed E-state index contributed by atoms with van der Waals surface area (Å²) in [7, 11) is 0. The summed E-state index contributed by atoms with van der Waals surface area (Å²) in [5.74, 6) is -0.184. The molecule has 1 aromatic heterocycles. The molecule has 0 fully saturated rings. The van der Waals surface area contributed by atoms with E-state index in [0.717, 1.165) is 12.1 Å². The summed E-state index contributed by atoms with van der Waals surface area (Å²) in [6.07, 6.45) is 0. The molecule has 2 aromatic rings. The fourth-order valence-electron chi connectivity index (χ4n) is 2.70. The molecule has 1 heterocycles. The van der Waals surface area contributed by atoms with Crippen molar-refractivity contribution in [3.8, 4) is 0 Å². The van der Waals surface area contributed by atoms with Crippen LogP contribution < -0.4 is 5.32 Å². The van der Waals surface area contributed by atoms with Gasteiger partial charge in [-0.05, 0) is 48.2 Å². The van der Waals surface area contributed by atoms with Gasteiger partial charge in [-0.25, -0.2) is 4.39 Å². The van der Waals surface area contributed by atoms with E-state index in [4.69, 9.17) is 0 Å². The summed E-state index contributed by atoms with van der Waals surface area (Å²) in [5, 5.41) is 5.73. The van der Waals surface area contributed by atoms with Gasteiger partial charge in [0.05, 0.1) is 0 Å². The number of aryl methyl sites for hydroxylation is 1. The fraction of sp³-hybridized carbons (Fsp3) is 0.412. The number of rotatable bonds is 5. The smallest absolute Gasteiger partial charge is 0.123 e. The number of nitrogens with one attached hydrogen (secondary N) is 1. The minimum absolute atomic E-state index is 0.102. The van der Waals surface area contributed by atoms with Crippen LogP contribution >= 0.6 is 11.3 Å². The first-order valence-electron chi connectivity index (χ1n) is 7.00. The molecule has 1 aromatic carbocycles. The van der Waals surface area contributed by atoms with Crippen molar-refractivity contribution in [1.29, 1.82) is 0 Å². The summed E-state index contributed by atoms with van der Waals surface area (Å²) in [4.78, 5) is 1.34. The first kappa shape index (κ1) is 15.2. The molecule has 1 N–H and O–H groups in total. The third-order valence-corrected chi connectivity index (χ3v) is 4.79. The predicted molar refractivity (Wildman–Crippen MR) is 84.9 cm³/mol. The number of benzene rings is 1. The topological polar surface area (TPSA) is 12.0 Å². The molecule has 0 radical (unpaired) electrons. The minimum atomic E-state index is -0.184. The van der Waals surface area contributed by atoms with Crippen LogP contribution in [0.4, 0.5) is 4.39 Å². The Balaban J connectivity index is 2.41. The molecule has 3 heteroatoms. The lowest BCUT2D eigenvalue weighted by Gasteiger charge is -2.36. The van der Waals surface area contributed by atoms with Gasteiger partial charge in [0.15, 0.2) is 0 Å². The second-order valence-corrected chi connectivity index (χ2v) is 6.77. The van der Waals surface area contributed by atoms with Crippen molar-refractivity contribution >= 4 is 11.3 Å². The van der Waals surface area contributed by atoms with Crippen molar-refractivity contribution < 1.29 is 4.39 Å². The summed E-state index contributed by atoms with van der Waals surface area (Å²) in [5.41, 5.74) is 2.39. The molecular formula is C17H22FNS. The van der Waals surface area contributed by atoms with E-state index in [1.807, 2.05) is 12.1 Å². The van der Waals surface area contributed by atoms with E-state index in [-0.39, 0.29) is 17.3 Å². The highest BCUT2D eigenvalue weighted by Crippen LogP contribution is 2.39. The normalized spacial score (nSPS) is 13.4. The van der Waals surface area contributed by atoms with Gasteiger partial charge in [-0.2, -0.15) is 0 Å². The van der Waals surface area contributed by atoms with Gasteiger partial charge >= 0.3 is 0 Å². The summed E-state index contributed by atoms with van der Waals surface area (Å²) < 4.78 is 13.1. The Kier molecular flexibility index (Phi) is 4.61. The highest BCUT2D eigenvalue weighted by atomic mass is 32.1. The van der Waals surface area contributed by atoms with Crippen LogP contribution in [0.1, 0.15) is 42.8 Å². The number of thiophene rings is 1. The van der Waals surface area contributed by atoms with Crippen molar-refractivity contribution in [3.05, 3.63) is 57.5 Å². The molecule has 0 aliphatic rings. The van der Waals surface area contributed by atoms with Gasteiger partial charge in [0.2, 0.25) is 0 Å². The van der Waals surface area contributed by atoms with Gasteiger partial charge < -0.3 is 5.32 Å². The maximum atomic E-state index is 13.1. The molecule has 0 aliphatic carbocycles. The van der Waals surface area contributed by atoms with Crippen molar-refractivity contribution in [2.45, 2.75) is 39.2 Å². The summed E-state index contributed by atoms with van der Waals surface area (Å²) >= 11 is 1.77. The highest BCUT2D eigenvalue weighted by Gasteiger charge is 2.33. The van der Waals surface area contributed by atoms with E-state index in [2.05, 4.69) is 44.5 Å². The summed E-state index contributed by atoms with van der Waals surface area (Å²) in [6.45, 7) is 9.61. The zero-order valence-electron chi connectivity index (χ0n) is 12.5. The Morgan fingerprint density at radius 1 is 1.20 bits per heavy atom. The van der Waals surface area contributed by atoms with Crippen LogP contribution in [0.15, 0.2) is 35.7 Å². The molecule has 0 spiro atoms. The van der Waals surface area contributed by atoms with Crippen LogP contribution in [0.2, 0.25) is 0 Å². The van der Waals surface area contributed by atoms with Gasteiger partial charge in [0.25, 0.3) is 0 Å². The van der Waals surface area contributed by atoms with Gasteiger partial charge in [0.1, 0.15) is 5.82 Å². The quantitative estimate of drug-likeness (QED) is 0.832. The van der Waals surface area contributed by atoms with Gasteiger partial charge in [-0.1, -0.05) is 32.9 Å². The van der Waals surface area contributed by atoms with Crippen LogP contribution in [0.3, 0.4) is 0 Å². The Bertz CT molecular complexity index is 557. The van der Waals surface area contributed by atoms with Gasteiger partial charge in [-0.3, -0.25) is 0 Å². The van der Waals surface area contributed by atoms with E-state index in [0.29, 0.717) is 0 Å². The summed E-state index contributed by atoms with van der Waals surface area (Å²) in [6, 6.07) is 9.28. The third-order valence-electron chi connectivity index (χ3n) is 3.93. The van der Waals surface area contributed by atoms with Crippen LogP contribution in [-0.2, 0) is 5.41 Å². The second kappa shape index (κ2) is 6.06. The van der Waals surface area contributed by atoms with Crippen molar-refractivity contribution in [2.24, 2.45) is 0 Å². The minimum Gasteiger partial charge on any atom is -0.309 e. The van der Waals surface area contributed by atoms with E-state index >= 15 is 0 Å². The van der Waals surface area contributed by atoms with Crippen LogP contribution in [0, 0.1) is 12.7 Å². The SMILES string of the molecule is CCNC(c1ccsc1C)C(C)(C)c1ccc(F)cc1. The van der Waals surface area contributed by atoms with E-state index < -0.39 is 0 Å². The Morgan fingerprint density at radius 2 is 1.85 bits per heavy atom. The number of likely N-dealkylation sites (N-methyl/N-ethyl adjacent to an activating group) is 1. The molecule has 20 heavy (non-hydrogen) atoms. The zero-order chi connectivity index (χ0) is 14.8. The lowest BCUT2D eigenvalue weighted by Crippen LogP contribution is -2.37. The average molecular weight is 291 g/mol. The molecule has 1 unspecified atom stereocenters. The third kappa shape index (κ3) is 2.94. The van der Waals surface area contributed by atoms with Crippen molar-refractivity contribution in [3.63, 3.8) is 0 Å². The molecule has 0 aliphatic heterocycles. The Morgan fingerprint density at radius 3 is 2.35 bits per heavy atom. The van der Waals surface area contributed by atoms with Gasteiger partial charge in [-0.15, -0.1) is 11.3 Å². The Labute approximate surface area is 124 Å². The van der Waals surface area contributed by atoms with E-state index in [9.17, 15) is 4.39 Å². The highest BCUT2D eigenvalue weighted by molar-refractivity contribution is 7.10. The molecule has 0 bridgehead atoms. The molecule has 108 valence electrons. The lowest BCUT2D eigenvalue weighted by atomic mass is 9.75. The van der Waals surface area contributed by atoms with Crippen molar-refractivity contribution in [2.75, 3.05) is 6.54 Å². The molecule has 1 nitrogen and oxygen atoms in total. The van der Waals surface area contributed by atoms with Crippen LogP contribution in [-0.4, -0.2) is 6.54 Å². The standard InChI is InChI=1S/C17H22FNS/c1-5-19-16(15-10-11-20-12(15)2)17(3,4)13-6-8-14(18)9-7-13/h6-11,16,19H,5H2,1-4H3. The lowest BCUT2D eigenvalue weighted by molar-refractivity contribution is 0.353. The largest absolute Gasteiger partial charge is 0.309 e. The second-order valence-electron chi connectivity index (χ2n) is 5.65. The Hall–Kier alpha value is -1.19. The zero-order valence-corrected chi connectivity index (χ0v) is 13.4. The fourth-order valence-corrected chi connectivity index (χ4v) is 3.44. The monoisotopic (exact) mass is 291 g/mol. The van der Waals surface area contributed by atoms with E-state index in [1.165, 1.54) is 10.4 Å². The number of hydrogen-bond acceptors (Lipinski definition) is 2. The first-order chi connectivity index (χ1) is 9.46. The van der Waals surface area contributed by atoms with Crippen LogP contribution in [0.5, 0.6) is 0 Å². The van der Waals surface area contributed by atoms with Gasteiger partial charge in [0, 0.05) is 16.3 Å². The van der Waals surface area contributed by atoms with Crippen molar-refractivity contribution in [1.82, 2.24) is 5.32 Å². The molecule has 0 amide bonds. The van der Waals surface area contributed by atoms with E-state index in [1.54, 1.807) is 23.5 Å². The molecule has 1 atom stereocenters. The number of hydrogen-bond donors (Lipinski definition) is 1.